The van der Waals surface area contributed by atoms with Gasteiger partial charge in [0.15, 0.2) is 17.2 Å². The number of esters is 1. The van der Waals surface area contributed by atoms with E-state index >= 15 is 0 Å². The van der Waals surface area contributed by atoms with Crippen molar-refractivity contribution in [2.24, 2.45) is 0 Å². The second-order valence-corrected chi connectivity index (χ2v) is 9.19. The summed E-state index contributed by atoms with van der Waals surface area (Å²) in [7, 11) is -0.448. The molecule has 1 aliphatic rings. The molecule has 1 heterocycles. The highest BCUT2D eigenvalue weighted by Gasteiger charge is 2.51. The third-order valence-corrected chi connectivity index (χ3v) is 5.83. The van der Waals surface area contributed by atoms with Crippen LogP contribution >= 0.6 is 0 Å². The molecule has 0 spiro atoms. The fraction of sp³-hybridized carbons (Fsp3) is 0.458. The van der Waals surface area contributed by atoms with E-state index in [4.69, 9.17) is 18.8 Å². The normalized spacial score (nSPS) is 17.5. The standard InChI is InChI=1S/C24H30BFO5/c1-8-28-21(27)22(2,3)29-20-14-11-17(15-19(20)26)16-9-12-18(13-10-16)25-30-23(4,5)24(6,7)31-25/h9-15H,8H2,1-7H3. The van der Waals surface area contributed by atoms with E-state index < -0.39 is 35.7 Å². The molecule has 166 valence electrons. The van der Waals surface area contributed by atoms with E-state index in [1.165, 1.54) is 12.1 Å². The highest BCUT2D eigenvalue weighted by molar-refractivity contribution is 6.62. The number of hydrogen-bond acceptors (Lipinski definition) is 5. The van der Waals surface area contributed by atoms with Crippen LogP contribution in [-0.4, -0.2) is 36.5 Å². The van der Waals surface area contributed by atoms with Gasteiger partial charge in [-0.1, -0.05) is 30.3 Å². The average molecular weight is 428 g/mol. The first-order valence-electron chi connectivity index (χ1n) is 10.5. The second kappa shape index (κ2) is 8.28. The molecule has 1 saturated heterocycles. The minimum atomic E-state index is -1.29. The Labute approximate surface area is 184 Å². The third-order valence-electron chi connectivity index (χ3n) is 5.83. The Bertz CT molecular complexity index is 937. The van der Waals surface area contributed by atoms with Crippen molar-refractivity contribution in [3.63, 3.8) is 0 Å². The molecule has 1 aliphatic heterocycles. The van der Waals surface area contributed by atoms with E-state index in [2.05, 4.69) is 0 Å². The van der Waals surface area contributed by atoms with Crippen LogP contribution in [0.5, 0.6) is 5.75 Å². The van der Waals surface area contributed by atoms with E-state index in [0.717, 1.165) is 11.0 Å². The summed E-state index contributed by atoms with van der Waals surface area (Å²) in [4.78, 5) is 12.0. The van der Waals surface area contributed by atoms with Crippen LogP contribution in [0.4, 0.5) is 4.39 Å². The predicted molar refractivity (Wildman–Crippen MR) is 119 cm³/mol. The van der Waals surface area contributed by atoms with Crippen molar-refractivity contribution in [2.45, 2.75) is 65.3 Å². The van der Waals surface area contributed by atoms with Crippen LogP contribution in [0.2, 0.25) is 0 Å². The molecule has 0 radical (unpaired) electrons. The smallest absolute Gasteiger partial charge is 0.473 e. The van der Waals surface area contributed by atoms with Gasteiger partial charge in [0.05, 0.1) is 17.8 Å². The van der Waals surface area contributed by atoms with Gasteiger partial charge in [-0.25, -0.2) is 9.18 Å². The number of ether oxygens (including phenoxy) is 2. The van der Waals surface area contributed by atoms with Crippen LogP contribution in [0, 0.1) is 5.82 Å². The number of halogens is 1. The van der Waals surface area contributed by atoms with Crippen molar-refractivity contribution >= 4 is 18.6 Å². The summed E-state index contributed by atoms with van der Waals surface area (Å²) in [6, 6.07) is 12.3. The first-order valence-corrected chi connectivity index (χ1v) is 10.5. The van der Waals surface area contributed by atoms with Gasteiger partial charge in [-0.3, -0.25) is 0 Å². The minimum absolute atomic E-state index is 0.00404. The van der Waals surface area contributed by atoms with Gasteiger partial charge < -0.3 is 18.8 Å². The highest BCUT2D eigenvalue weighted by Crippen LogP contribution is 2.36. The molecule has 2 aromatic rings. The van der Waals surface area contributed by atoms with E-state index in [-0.39, 0.29) is 12.4 Å². The summed E-state index contributed by atoms with van der Waals surface area (Å²) in [6.07, 6.45) is 0. The lowest BCUT2D eigenvalue weighted by atomic mass is 9.78. The summed E-state index contributed by atoms with van der Waals surface area (Å²) in [5.41, 5.74) is 0.330. The number of carbonyl (C=O) groups excluding carboxylic acids is 1. The zero-order chi connectivity index (χ0) is 23.0. The Morgan fingerprint density at radius 3 is 2.06 bits per heavy atom. The SMILES string of the molecule is CCOC(=O)C(C)(C)Oc1ccc(-c2ccc(B3OC(C)(C)C(C)(C)O3)cc2)cc1F. The Morgan fingerprint density at radius 1 is 1.00 bits per heavy atom. The van der Waals surface area contributed by atoms with Gasteiger partial charge in [-0.15, -0.1) is 0 Å². The van der Waals surface area contributed by atoms with Crippen LogP contribution in [-0.2, 0) is 18.8 Å². The monoisotopic (exact) mass is 428 g/mol. The molecule has 5 nitrogen and oxygen atoms in total. The zero-order valence-electron chi connectivity index (χ0n) is 19.2. The van der Waals surface area contributed by atoms with Crippen molar-refractivity contribution in [2.75, 3.05) is 6.61 Å². The average Bonchev–Trinajstić information content (AvgIpc) is 2.91. The predicted octanol–water partition coefficient (Wildman–Crippen LogP) is 4.51. The van der Waals surface area contributed by atoms with Crippen molar-refractivity contribution in [3.8, 4) is 16.9 Å². The molecular weight excluding hydrogens is 398 g/mol. The second-order valence-electron chi connectivity index (χ2n) is 9.19. The van der Waals surface area contributed by atoms with Gasteiger partial charge in [-0.2, -0.15) is 0 Å². The van der Waals surface area contributed by atoms with E-state index in [1.54, 1.807) is 26.8 Å². The minimum Gasteiger partial charge on any atom is -0.473 e. The Balaban J connectivity index is 1.76. The maximum atomic E-state index is 14.7. The molecule has 2 aromatic carbocycles. The quantitative estimate of drug-likeness (QED) is 0.501. The molecule has 3 rings (SSSR count). The fourth-order valence-corrected chi connectivity index (χ4v) is 3.20. The number of carbonyl (C=O) groups is 1. The van der Waals surface area contributed by atoms with Gasteiger partial charge >= 0.3 is 13.1 Å². The molecule has 0 atom stereocenters. The Kier molecular flexibility index (Phi) is 6.22. The Morgan fingerprint density at radius 2 is 1.55 bits per heavy atom. The number of rotatable bonds is 6. The molecule has 0 unspecified atom stereocenters. The van der Waals surface area contributed by atoms with Crippen LogP contribution in [0.25, 0.3) is 11.1 Å². The molecule has 0 amide bonds. The summed E-state index contributed by atoms with van der Waals surface area (Å²) in [5.74, 6) is -1.10. The van der Waals surface area contributed by atoms with Crippen LogP contribution in [0.3, 0.4) is 0 Å². The molecule has 0 aromatic heterocycles. The molecule has 0 aliphatic carbocycles. The van der Waals surface area contributed by atoms with Gasteiger partial charge in [0.2, 0.25) is 0 Å². The van der Waals surface area contributed by atoms with Crippen molar-refractivity contribution in [1.29, 1.82) is 0 Å². The van der Waals surface area contributed by atoms with Crippen molar-refractivity contribution in [1.82, 2.24) is 0 Å². The van der Waals surface area contributed by atoms with Crippen LogP contribution in [0.1, 0.15) is 48.5 Å². The molecular formula is C24H30BFO5. The van der Waals surface area contributed by atoms with E-state index in [0.29, 0.717) is 5.56 Å². The van der Waals surface area contributed by atoms with Crippen LogP contribution in [0.15, 0.2) is 42.5 Å². The van der Waals surface area contributed by atoms with Gasteiger partial charge in [-0.05, 0) is 77.2 Å². The Hall–Kier alpha value is -2.38. The number of hydrogen-bond donors (Lipinski definition) is 0. The lowest BCUT2D eigenvalue weighted by Gasteiger charge is -2.32. The molecule has 31 heavy (non-hydrogen) atoms. The van der Waals surface area contributed by atoms with E-state index in [1.807, 2.05) is 52.0 Å². The van der Waals surface area contributed by atoms with Gasteiger partial charge in [0.1, 0.15) is 0 Å². The number of benzene rings is 2. The molecule has 0 bridgehead atoms. The first-order chi connectivity index (χ1) is 14.4. The molecule has 0 saturated carbocycles. The topological polar surface area (TPSA) is 54.0 Å². The van der Waals surface area contributed by atoms with Gasteiger partial charge in [0, 0.05) is 0 Å². The summed E-state index contributed by atoms with van der Waals surface area (Å²) in [6.45, 7) is 13.1. The van der Waals surface area contributed by atoms with Crippen molar-refractivity contribution < 1.29 is 28.0 Å². The van der Waals surface area contributed by atoms with E-state index in [9.17, 15) is 9.18 Å². The summed E-state index contributed by atoms with van der Waals surface area (Å²) >= 11 is 0. The highest BCUT2D eigenvalue weighted by atomic mass is 19.1. The van der Waals surface area contributed by atoms with Gasteiger partial charge in [0.25, 0.3) is 0 Å². The molecule has 7 heteroatoms. The lowest BCUT2D eigenvalue weighted by Crippen LogP contribution is -2.41. The zero-order valence-corrected chi connectivity index (χ0v) is 19.2. The fourth-order valence-electron chi connectivity index (χ4n) is 3.20. The van der Waals surface area contributed by atoms with Crippen molar-refractivity contribution in [3.05, 3.63) is 48.3 Å². The summed E-state index contributed by atoms with van der Waals surface area (Å²) in [5, 5.41) is 0. The summed E-state index contributed by atoms with van der Waals surface area (Å²) < 4.78 is 37.4. The molecule has 1 fully saturated rings. The third kappa shape index (κ3) is 4.78. The largest absolute Gasteiger partial charge is 0.494 e. The molecule has 0 N–H and O–H groups in total. The maximum Gasteiger partial charge on any atom is 0.494 e. The lowest BCUT2D eigenvalue weighted by molar-refractivity contribution is -0.158. The maximum absolute atomic E-state index is 14.7. The first kappa shape index (κ1) is 23.3. The van der Waals surface area contributed by atoms with Crippen LogP contribution < -0.4 is 10.2 Å².